The van der Waals surface area contributed by atoms with Crippen LogP contribution in [0.2, 0.25) is 0 Å². The normalized spacial score (nSPS) is 17.4. The second kappa shape index (κ2) is 5.06. The molecule has 4 nitrogen and oxygen atoms in total. The SMILES string of the molecule is C[C@H](N[C@H](C)c1cnn(C)c1)c1nc2c(s1)CCC2. The molecule has 19 heavy (non-hydrogen) atoms. The van der Waals surface area contributed by atoms with E-state index in [0.717, 1.165) is 6.42 Å². The summed E-state index contributed by atoms with van der Waals surface area (Å²) in [6.07, 6.45) is 7.65. The van der Waals surface area contributed by atoms with Crippen molar-refractivity contribution in [2.75, 3.05) is 0 Å². The van der Waals surface area contributed by atoms with E-state index in [2.05, 4.69) is 30.5 Å². The number of hydrogen-bond donors (Lipinski definition) is 1. The van der Waals surface area contributed by atoms with E-state index in [1.54, 1.807) is 0 Å². The third-order valence-corrected chi connectivity index (χ3v) is 5.05. The summed E-state index contributed by atoms with van der Waals surface area (Å²) in [6.45, 7) is 4.37. The van der Waals surface area contributed by atoms with Gasteiger partial charge in [0.15, 0.2) is 0 Å². The van der Waals surface area contributed by atoms with Gasteiger partial charge in [-0.25, -0.2) is 4.98 Å². The van der Waals surface area contributed by atoms with Crippen LogP contribution in [0.15, 0.2) is 12.4 Å². The quantitative estimate of drug-likeness (QED) is 0.933. The molecule has 5 heteroatoms. The molecule has 0 aliphatic heterocycles. The summed E-state index contributed by atoms with van der Waals surface area (Å²) in [5.41, 5.74) is 2.56. The Morgan fingerprint density at radius 3 is 2.84 bits per heavy atom. The highest BCUT2D eigenvalue weighted by Crippen LogP contribution is 2.31. The molecule has 3 rings (SSSR count). The van der Waals surface area contributed by atoms with Gasteiger partial charge in [0.05, 0.1) is 17.9 Å². The molecular weight excluding hydrogens is 256 g/mol. The maximum atomic E-state index is 4.78. The zero-order chi connectivity index (χ0) is 13.4. The Labute approximate surface area is 117 Å². The Balaban J connectivity index is 1.68. The Bertz CT molecular complexity index is 550. The molecule has 0 saturated heterocycles. The number of hydrogen-bond acceptors (Lipinski definition) is 4. The molecule has 2 aromatic heterocycles. The van der Waals surface area contributed by atoms with E-state index in [1.165, 1.54) is 34.0 Å². The van der Waals surface area contributed by atoms with E-state index in [4.69, 9.17) is 4.98 Å². The Morgan fingerprint density at radius 1 is 1.32 bits per heavy atom. The van der Waals surface area contributed by atoms with Crippen LogP contribution in [0.1, 0.15) is 53.5 Å². The van der Waals surface area contributed by atoms with Gasteiger partial charge in [0.2, 0.25) is 0 Å². The zero-order valence-electron chi connectivity index (χ0n) is 11.7. The highest BCUT2D eigenvalue weighted by molar-refractivity contribution is 7.11. The lowest BCUT2D eigenvalue weighted by Crippen LogP contribution is -2.22. The lowest BCUT2D eigenvalue weighted by atomic mass is 10.1. The van der Waals surface area contributed by atoms with E-state index in [1.807, 2.05) is 29.3 Å². The molecule has 0 fully saturated rings. The van der Waals surface area contributed by atoms with E-state index in [0.29, 0.717) is 12.1 Å². The summed E-state index contributed by atoms with van der Waals surface area (Å²) in [5.74, 6) is 0. The van der Waals surface area contributed by atoms with Crippen LogP contribution < -0.4 is 5.32 Å². The number of aryl methyl sites for hydroxylation is 3. The van der Waals surface area contributed by atoms with Crippen molar-refractivity contribution in [1.82, 2.24) is 20.1 Å². The first-order valence-electron chi connectivity index (χ1n) is 6.86. The Hall–Kier alpha value is -1.20. The van der Waals surface area contributed by atoms with Crippen molar-refractivity contribution in [3.05, 3.63) is 33.5 Å². The van der Waals surface area contributed by atoms with Crippen LogP contribution >= 0.6 is 11.3 Å². The zero-order valence-corrected chi connectivity index (χ0v) is 12.5. The third kappa shape index (κ3) is 2.58. The van der Waals surface area contributed by atoms with Gasteiger partial charge in [-0.05, 0) is 33.1 Å². The lowest BCUT2D eigenvalue weighted by Gasteiger charge is -2.17. The molecule has 0 aromatic carbocycles. The van der Waals surface area contributed by atoms with E-state index in [9.17, 15) is 0 Å². The van der Waals surface area contributed by atoms with E-state index >= 15 is 0 Å². The van der Waals surface area contributed by atoms with Crippen molar-refractivity contribution in [3.63, 3.8) is 0 Å². The fourth-order valence-corrected chi connectivity index (χ4v) is 3.77. The number of rotatable bonds is 4. The summed E-state index contributed by atoms with van der Waals surface area (Å²) in [7, 11) is 1.95. The highest BCUT2D eigenvalue weighted by atomic mass is 32.1. The molecule has 0 radical (unpaired) electrons. The van der Waals surface area contributed by atoms with Gasteiger partial charge in [-0.1, -0.05) is 0 Å². The van der Waals surface area contributed by atoms with Crippen LogP contribution in [0, 0.1) is 0 Å². The van der Waals surface area contributed by atoms with E-state index < -0.39 is 0 Å². The van der Waals surface area contributed by atoms with Crippen molar-refractivity contribution < 1.29 is 0 Å². The minimum Gasteiger partial charge on any atom is -0.301 e. The van der Waals surface area contributed by atoms with Crippen LogP contribution in [0.5, 0.6) is 0 Å². The monoisotopic (exact) mass is 276 g/mol. The summed E-state index contributed by atoms with van der Waals surface area (Å²) in [6, 6.07) is 0.591. The fraction of sp³-hybridized carbons (Fsp3) is 0.571. The Kier molecular flexibility index (Phi) is 3.41. The fourth-order valence-electron chi connectivity index (χ4n) is 2.60. The van der Waals surface area contributed by atoms with Gasteiger partial charge in [-0.15, -0.1) is 11.3 Å². The topological polar surface area (TPSA) is 42.7 Å². The molecule has 102 valence electrons. The predicted octanol–water partition coefficient (Wildman–Crippen LogP) is 2.78. The van der Waals surface area contributed by atoms with Gasteiger partial charge >= 0.3 is 0 Å². The smallest absolute Gasteiger partial charge is 0.110 e. The maximum absolute atomic E-state index is 4.78. The second-order valence-electron chi connectivity index (χ2n) is 5.33. The molecule has 0 spiro atoms. The molecule has 0 saturated carbocycles. The summed E-state index contributed by atoms with van der Waals surface area (Å²) < 4.78 is 1.84. The molecule has 0 unspecified atom stereocenters. The molecular formula is C14H20N4S. The van der Waals surface area contributed by atoms with Crippen LogP contribution in [0.3, 0.4) is 0 Å². The lowest BCUT2D eigenvalue weighted by molar-refractivity contribution is 0.492. The first-order chi connectivity index (χ1) is 9.13. The number of nitrogens with one attached hydrogen (secondary N) is 1. The first kappa shape index (κ1) is 12.8. The maximum Gasteiger partial charge on any atom is 0.110 e. The third-order valence-electron chi connectivity index (χ3n) is 3.71. The standard InChI is InChI=1S/C14H20N4S/c1-9(11-7-15-18(3)8-11)16-10(2)14-17-12-5-4-6-13(12)19-14/h7-10,16H,4-6H2,1-3H3/t9-,10+/m1/s1. The van der Waals surface area contributed by atoms with Crippen molar-refractivity contribution in [2.45, 2.75) is 45.2 Å². The molecule has 1 N–H and O–H groups in total. The molecule has 0 bridgehead atoms. The van der Waals surface area contributed by atoms with Crippen LogP contribution in [0.4, 0.5) is 0 Å². The summed E-state index contributed by atoms with van der Waals surface area (Å²) >= 11 is 1.88. The largest absolute Gasteiger partial charge is 0.301 e. The molecule has 0 amide bonds. The van der Waals surface area contributed by atoms with E-state index in [-0.39, 0.29) is 0 Å². The number of thiazole rings is 1. The molecule has 2 atom stereocenters. The van der Waals surface area contributed by atoms with Gasteiger partial charge in [-0.3, -0.25) is 4.68 Å². The van der Waals surface area contributed by atoms with Gasteiger partial charge in [0.25, 0.3) is 0 Å². The minimum atomic E-state index is 0.294. The predicted molar refractivity (Wildman–Crippen MR) is 77.3 cm³/mol. The molecule has 1 aliphatic rings. The number of nitrogens with zero attached hydrogens (tertiary/aromatic N) is 3. The molecule has 1 aliphatic carbocycles. The van der Waals surface area contributed by atoms with Crippen molar-refractivity contribution in [3.8, 4) is 0 Å². The average Bonchev–Trinajstić information content (AvgIpc) is 3.02. The van der Waals surface area contributed by atoms with Gasteiger partial charge < -0.3 is 5.32 Å². The van der Waals surface area contributed by atoms with Crippen molar-refractivity contribution >= 4 is 11.3 Å². The molecule has 2 aromatic rings. The van der Waals surface area contributed by atoms with Gasteiger partial charge in [0.1, 0.15) is 5.01 Å². The van der Waals surface area contributed by atoms with Crippen molar-refractivity contribution in [2.24, 2.45) is 7.05 Å². The van der Waals surface area contributed by atoms with Crippen LogP contribution in [-0.2, 0) is 19.9 Å². The number of fused-ring (bicyclic) bond motifs is 1. The summed E-state index contributed by atoms with van der Waals surface area (Å²) in [4.78, 5) is 6.28. The Morgan fingerprint density at radius 2 is 2.16 bits per heavy atom. The van der Waals surface area contributed by atoms with Crippen LogP contribution in [-0.4, -0.2) is 14.8 Å². The number of aromatic nitrogens is 3. The van der Waals surface area contributed by atoms with Crippen molar-refractivity contribution in [1.29, 1.82) is 0 Å². The van der Waals surface area contributed by atoms with Gasteiger partial charge in [0, 0.05) is 29.7 Å². The first-order valence-corrected chi connectivity index (χ1v) is 7.68. The average molecular weight is 276 g/mol. The molecule has 2 heterocycles. The minimum absolute atomic E-state index is 0.294. The summed E-state index contributed by atoms with van der Waals surface area (Å²) in [5, 5.41) is 9.05. The van der Waals surface area contributed by atoms with Gasteiger partial charge in [-0.2, -0.15) is 5.10 Å². The van der Waals surface area contributed by atoms with Crippen LogP contribution in [0.25, 0.3) is 0 Å². The second-order valence-corrected chi connectivity index (χ2v) is 6.45. The highest BCUT2D eigenvalue weighted by Gasteiger charge is 2.21.